The van der Waals surface area contributed by atoms with Gasteiger partial charge in [0.2, 0.25) is 0 Å². The average Bonchev–Trinajstić information content (AvgIpc) is 3.16. The number of aromatic amines is 1. The van der Waals surface area contributed by atoms with Crippen molar-refractivity contribution in [2.24, 2.45) is 5.92 Å². The zero-order chi connectivity index (χ0) is 15.5. The molecular formula is C16H19ClN4O. The van der Waals surface area contributed by atoms with E-state index in [2.05, 4.69) is 15.5 Å². The maximum atomic E-state index is 12.7. The van der Waals surface area contributed by atoms with Gasteiger partial charge in [-0.1, -0.05) is 23.7 Å². The number of halogens is 1. The average molecular weight is 319 g/mol. The van der Waals surface area contributed by atoms with Gasteiger partial charge in [-0.05, 0) is 38.1 Å². The molecule has 1 amide bonds. The first-order chi connectivity index (χ1) is 10.7. The first-order valence-corrected chi connectivity index (χ1v) is 7.80. The largest absolute Gasteiger partial charge is 0.338 e. The highest BCUT2D eigenvalue weighted by atomic mass is 35.5. The number of carbonyl (C=O) groups is 1. The van der Waals surface area contributed by atoms with Crippen molar-refractivity contribution in [2.45, 2.75) is 6.42 Å². The van der Waals surface area contributed by atoms with E-state index in [1.54, 1.807) is 6.20 Å². The summed E-state index contributed by atoms with van der Waals surface area (Å²) in [6.45, 7) is 2.53. The van der Waals surface area contributed by atoms with Crippen molar-refractivity contribution in [1.29, 1.82) is 0 Å². The Balaban J connectivity index is 1.82. The van der Waals surface area contributed by atoms with Gasteiger partial charge in [-0.3, -0.25) is 9.89 Å². The van der Waals surface area contributed by atoms with Crippen LogP contribution in [0.2, 0.25) is 5.02 Å². The van der Waals surface area contributed by atoms with Gasteiger partial charge < -0.3 is 10.2 Å². The molecule has 1 fully saturated rings. The maximum Gasteiger partial charge on any atom is 0.257 e. The van der Waals surface area contributed by atoms with Crippen LogP contribution in [0.5, 0.6) is 0 Å². The summed E-state index contributed by atoms with van der Waals surface area (Å²) >= 11 is 6.04. The number of benzene rings is 1. The van der Waals surface area contributed by atoms with Crippen LogP contribution in [0, 0.1) is 5.92 Å². The Labute approximate surface area is 134 Å². The Bertz CT molecular complexity index is 670. The molecule has 1 saturated heterocycles. The molecule has 2 N–H and O–H groups in total. The summed E-state index contributed by atoms with van der Waals surface area (Å²) in [6.07, 6.45) is 2.64. The lowest BCUT2D eigenvalue weighted by Gasteiger charge is -2.16. The molecule has 2 heterocycles. The molecule has 0 spiro atoms. The predicted octanol–water partition coefficient (Wildman–Crippen LogP) is 2.41. The Hall–Kier alpha value is -1.85. The van der Waals surface area contributed by atoms with E-state index in [-0.39, 0.29) is 5.91 Å². The fourth-order valence-corrected chi connectivity index (χ4v) is 3.15. The van der Waals surface area contributed by atoms with Crippen molar-refractivity contribution in [2.75, 3.05) is 26.7 Å². The van der Waals surface area contributed by atoms with Crippen molar-refractivity contribution in [3.8, 4) is 11.3 Å². The molecule has 0 bridgehead atoms. The summed E-state index contributed by atoms with van der Waals surface area (Å²) in [6, 6.07) is 7.43. The number of H-pyrrole nitrogens is 1. The molecule has 1 aliphatic rings. The monoisotopic (exact) mass is 318 g/mol. The Morgan fingerprint density at radius 3 is 3.18 bits per heavy atom. The Morgan fingerprint density at radius 2 is 2.41 bits per heavy atom. The fourth-order valence-electron chi connectivity index (χ4n) is 2.96. The van der Waals surface area contributed by atoms with Crippen LogP contribution in [0.15, 0.2) is 30.5 Å². The van der Waals surface area contributed by atoms with Crippen LogP contribution >= 0.6 is 11.6 Å². The van der Waals surface area contributed by atoms with Crippen molar-refractivity contribution in [3.05, 3.63) is 41.0 Å². The Kier molecular flexibility index (Phi) is 4.45. The van der Waals surface area contributed by atoms with Gasteiger partial charge in [-0.15, -0.1) is 0 Å². The van der Waals surface area contributed by atoms with Gasteiger partial charge in [0, 0.05) is 23.7 Å². The summed E-state index contributed by atoms with van der Waals surface area (Å²) in [5, 5.41) is 10.8. The summed E-state index contributed by atoms with van der Waals surface area (Å²) in [5.41, 5.74) is 2.20. The molecule has 1 aromatic heterocycles. The molecule has 0 radical (unpaired) electrons. The number of likely N-dealkylation sites (tertiary alicyclic amines) is 1. The molecule has 1 aliphatic heterocycles. The van der Waals surface area contributed by atoms with Gasteiger partial charge in [0.25, 0.3) is 5.91 Å². The van der Waals surface area contributed by atoms with Gasteiger partial charge in [0.05, 0.1) is 17.5 Å². The number of hydrogen-bond acceptors (Lipinski definition) is 3. The van der Waals surface area contributed by atoms with Crippen molar-refractivity contribution >= 4 is 17.5 Å². The molecule has 0 saturated carbocycles. The van der Waals surface area contributed by atoms with E-state index < -0.39 is 0 Å². The maximum absolute atomic E-state index is 12.7. The highest BCUT2D eigenvalue weighted by molar-refractivity contribution is 6.30. The fraction of sp³-hybridized carbons (Fsp3) is 0.375. The minimum atomic E-state index is 0.0299. The SMILES string of the molecule is CNCC1CCN(C(=O)c2cn[nH]c2-c2cccc(Cl)c2)C1. The quantitative estimate of drug-likeness (QED) is 0.910. The third kappa shape index (κ3) is 3.00. The van der Waals surface area contributed by atoms with Gasteiger partial charge in [0.15, 0.2) is 0 Å². The smallest absolute Gasteiger partial charge is 0.257 e. The zero-order valence-electron chi connectivity index (χ0n) is 12.5. The van der Waals surface area contributed by atoms with Crippen LogP contribution in [-0.4, -0.2) is 47.7 Å². The minimum Gasteiger partial charge on any atom is -0.338 e. The molecular weight excluding hydrogens is 300 g/mol. The standard InChI is InChI=1S/C16H19ClN4O/c1-18-8-11-5-6-21(10-11)16(22)14-9-19-20-15(14)12-3-2-4-13(17)7-12/h2-4,7,9,11,18H,5-6,8,10H2,1H3,(H,19,20). The second kappa shape index (κ2) is 6.50. The van der Waals surface area contributed by atoms with Gasteiger partial charge in [0.1, 0.15) is 0 Å². The normalized spacial score (nSPS) is 17.9. The van der Waals surface area contributed by atoms with Crippen LogP contribution in [0.25, 0.3) is 11.3 Å². The first-order valence-electron chi connectivity index (χ1n) is 7.42. The Morgan fingerprint density at radius 1 is 1.55 bits per heavy atom. The molecule has 1 aromatic carbocycles. The number of aromatic nitrogens is 2. The van der Waals surface area contributed by atoms with Crippen molar-refractivity contribution in [1.82, 2.24) is 20.4 Å². The third-order valence-electron chi connectivity index (χ3n) is 4.05. The highest BCUT2D eigenvalue weighted by Gasteiger charge is 2.28. The number of rotatable bonds is 4. The molecule has 0 aliphatic carbocycles. The number of nitrogens with zero attached hydrogens (tertiary/aromatic N) is 2. The van der Waals surface area contributed by atoms with Crippen LogP contribution in [0.3, 0.4) is 0 Å². The van der Waals surface area contributed by atoms with Crippen LogP contribution < -0.4 is 5.32 Å². The number of hydrogen-bond donors (Lipinski definition) is 2. The molecule has 6 heteroatoms. The molecule has 116 valence electrons. The van der Waals surface area contributed by atoms with E-state index in [0.717, 1.165) is 37.3 Å². The lowest BCUT2D eigenvalue weighted by Crippen LogP contribution is -2.30. The summed E-state index contributed by atoms with van der Waals surface area (Å²) < 4.78 is 0. The number of amides is 1. The van der Waals surface area contributed by atoms with E-state index in [1.807, 2.05) is 36.2 Å². The summed E-state index contributed by atoms with van der Waals surface area (Å²) in [5.74, 6) is 0.554. The zero-order valence-corrected chi connectivity index (χ0v) is 13.2. The topological polar surface area (TPSA) is 61.0 Å². The second-order valence-corrected chi connectivity index (χ2v) is 6.07. The minimum absolute atomic E-state index is 0.0299. The molecule has 1 atom stereocenters. The van der Waals surface area contributed by atoms with Crippen molar-refractivity contribution in [3.63, 3.8) is 0 Å². The van der Waals surface area contributed by atoms with E-state index in [9.17, 15) is 4.79 Å². The second-order valence-electron chi connectivity index (χ2n) is 5.63. The van der Waals surface area contributed by atoms with E-state index in [1.165, 1.54) is 0 Å². The molecule has 22 heavy (non-hydrogen) atoms. The third-order valence-corrected chi connectivity index (χ3v) is 4.28. The number of nitrogens with one attached hydrogen (secondary N) is 2. The van der Waals surface area contributed by atoms with Crippen molar-refractivity contribution < 1.29 is 4.79 Å². The predicted molar refractivity (Wildman–Crippen MR) is 87.0 cm³/mol. The molecule has 2 aromatic rings. The summed E-state index contributed by atoms with van der Waals surface area (Å²) in [7, 11) is 1.94. The highest BCUT2D eigenvalue weighted by Crippen LogP contribution is 2.26. The first kappa shape index (κ1) is 15.1. The van der Waals surface area contributed by atoms with Gasteiger partial charge >= 0.3 is 0 Å². The molecule has 1 unspecified atom stereocenters. The van der Waals surface area contributed by atoms with E-state index in [0.29, 0.717) is 16.5 Å². The number of carbonyl (C=O) groups excluding carboxylic acids is 1. The van der Waals surface area contributed by atoms with Gasteiger partial charge in [-0.2, -0.15) is 5.10 Å². The van der Waals surface area contributed by atoms with E-state index in [4.69, 9.17) is 11.6 Å². The van der Waals surface area contributed by atoms with E-state index >= 15 is 0 Å². The van der Waals surface area contributed by atoms with Gasteiger partial charge in [-0.25, -0.2) is 0 Å². The van der Waals surface area contributed by atoms with Crippen LogP contribution in [0.4, 0.5) is 0 Å². The summed E-state index contributed by atoms with van der Waals surface area (Å²) in [4.78, 5) is 14.7. The molecule has 3 rings (SSSR count). The lowest BCUT2D eigenvalue weighted by atomic mass is 10.1. The lowest BCUT2D eigenvalue weighted by molar-refractivity contribution is 0.0788. The van der Waals surface area contributed by atoms with Crippen LogP contribution in [0.1, 0.15) is 16.8 Å². The van der Waals surface area contributed by atoms with Crippen LogP contribution in [-0.2, 0) is 0 Å². The molecule has 5 nitrogen and oxygen atoms in total.